The van der Waals surface area contributed by atoms with E-state index >= 15 is 0 Å². The molecule has 1 heterocycles. The van der Waals surface area contributed by atoms with Crippen molar-refractivity contribution in [3.8, 4) is 17.2 Å². The van der Waals surface area contributed by atoms with Crippen LogP contribution in [0, 0.1) is 6.92 Å². The summed E-state index contributed by atoms with van der Waals surface area (Å²) in [4.78, 5) is 12.8. The van der Waals surface area contributed by atoms with Gasteiger partial charge in [0.1, 0.15) is 23.9 Å². The molecule has 0 bridgehead atoms. The SMILES string of the molecule is COc1cccc(COc2ccc3c(c2C)O/C(=C\c2ccc(Cl)c(Cl)c2)C3=O)c1. The van der Waals surface area contributed by atoms with E-state index in [1.807, 2.05) is 31.2 Å². The molecule has 4 rings (SSSR count). The molecule has 3 aromatic carbocycles. The van der Waals surface area contributed by atoms with Crippen LogP contribution in [0.15, 0.2) is 60.4 Å². The number of carbonyl (C=O) groups is 1. The molecule has 1 aliphatic rings. The second-order valence-corrected chi connectivity index (χ2v) is 7.63. The first-order valence-corrected chi connectivity index (χ1v) is 10.0. The van der Waals surface area contributed by atoms with Gasteiger partial charge < -0.3 is 14.2 Å². The minimum Gasteiger partial charge on any atom is -0.497 e. The molecule has 0 saturated heterocycles. The van der Waals surface area contributed by atoms with Gasteiger partial charge in [0, 0.05) is 5.56 Å². The molecule has 152 valence electrons. The summed E-state index contributed by atoms with van der Waals surface area (Å²) in [6.45, 7) is 2.24. The smallest absolute Gasteiger partial charge is 0.231 e. The van der Waals surface area contributed by atoms with Gasteiger partial charge in [0.05, 0.1) is 22.7 Å². The van der Waals surface area contributed by atoms with Gasteiger partial charge in [0.15, 0.2) is 5.76 Å². The molecule has 0 aromatic heterocycles. The van der Waals surface area contributed by atoms with Gasteiger partial charge in [-0.05, 0) is 60.5 Å². The largest absolute Gasteiger partial charge is 0.497 e. The van der Waals surface area contributed by atoms with Crippen LogP contribution in [0.4, 0.5) is 0 Å². The molecule has 0 fully saturated rings. The molecular formula is C24H18Cl2O4. The van der Waals surface area contributed by atoms with E-state index in [0.29, 0.717) is 33.7 Å². The number of fused-ring (bicyclic) bond motifs is 1. The standard InChI is InChI=1S/C24H18Cl2O4/c1-14-21(29-13-16-4-3-5-17(10-16)28-2)9-7-18-23(27)22(30-24(14)18)12-15-6-8-19(25)20(26)11-15/h3-12H,13H2,1-2H3/b22-12-. The zero-order valence-corrected chi connectivity index (χ0v) is 17.9. The Bertz CT molecular complexity index is 1170. The van der Waals surface area contributed by atoms with E-state index in [9.17, 15) is 4.79 Å². The first kappa shape index (κ1) is 20.3. The number of hydrogen-bond acceptors (Lipinski definition) is 4. The lowest BCUT2D eigenvalue weighted by Gasteiger charge is -2.12. The van der Waals surface area contributed by atoms with Crippen LogP contribution in [-0.4, -0.2) is 12.9 Å². The number of benzene rings is 3. The van der Waals surface area contributed by atoms with Crippen molar-refractivity contribution in [2.45, 2.75) is 13.5 Å². The Kier molecular flexibility index (Phi) is 5.71. The molecule has 30 heavy (non-hydrogen) atoms. The number of hydrogen-bond donors (Lipinski definition) is 0. The number of halogens is 2. The molecule has 0 atom stereocenters. The molecule has 0 radical (unpaired) electrons. The van der Waals surface area contributed by atoms with Crippen molar-refractivity contribution < 1.29 is 19.0 Å². The fourth-order valence-corrected chi connectivity index (χ4v) is 3.51. The highest BCUT2D eigenvalue weighted by atomic mass is 35.5. The lowest BCUT2D eigenvalue weighted by molar-refractivity contribution is 0.101. The van der Waals surface area contributed by atoms with E-state index in [0.717, 1.165) is 22.4 Å². The molecule has 0 spiro atoms. The normalized spacial score (nSPS) is 13.9. The molecule has 0 unspecified atom stereocenters. The number of ketones is 1. The van der Waals surface area contributed by atoms with Crippen LogP contribution >= 0.6 is 23.2 Å². The third-order valence-electron chi connectivity index (χ3n) is 4.81. The molecule has 1 aliphatic heterocycles. The lowest BCUT2D eigenvalue weighted by atomic mass is 10.1. The molecule has 0 saturated carbocycles. The number of rotatable bonds is 5. The van der Waals surface area contributed by atoms with Gasteiger partial charge in [0.2, 0.25) is 5.78 Å². The van der Waals surface area contributed by atoms with E-state index in [2.05, 4.69) is 0 Å². The van der Waals surface area contributed by atoms with Crippen molar-refractivity contribution >= 4 is 35.1 Å². The van der Waals surface area contributed by atoms with E-state index in [1.165, 1.54) is 0 Å². The van der Waals surface area contributed by atoms with Crippen molar-refractivity contribution in [1.29, 1.82) is 0 Å². The molecular weight excluding hydrogens is 423 g/mol. The minimum atomic E-state index is -0.182. The molecule has 4 nitrogen and oxygen atoms in total. The second-order valence-electron chi connectivity index (χ2n) is 6.82. The van der Waals surface area contributed by atoms with Gasteiger partial charge in [-0.15, -0.1) is 0 Å². The Morgan fingerprint density at radius 3 is 2.63 bits per heavy atom. The first-order chi connectivity index (χ1) is 14.5. The van der Waals surface area contributed by atoms with Crippen LogP contribution in [0.1, 0.15) is 27.0 Å². The number of Topliss-reactive ketones (excluding diaryl/α,β-unsaturated/α-hetero) is 1. The third-order valence-corrected chi connectivity index (χ3v) is 5.55. The molecule has 0 amide bonds. The quantitative estimate of drug-likeness (QED) is 0.424. The Labute approximate surface area is 184 Å². The van der Waals surface area contributed by atoms with E-state index in [-0.39, 0.29) is 11.5 Å². The number of allylic oxidation sites excluding steroid dienone is 1. The third kappa shape index (κ3) is 4.02. The predicted octanol–water partition coefficient (Wildman–Crippen LogP) is 6.51. The maximum atomic E-state index is 12.8. The summed E-state index contributed by atoms with van der Waals surface area (Å²) >= 11 is 12.0. The van der Waals surface area contributed by atoms with E-state index in [1.54, 1.807) is 43.5 Å². The summed E-state index contributed by atoms with van der Waals surface area (Å²) in [5.74, 6) is 1.98. The molecule has 6 heteroatoms. The number of ether oxygens (including phenoxy) is 3. The predicted molar refractivity (Wildman–Crippen MR) is 118 cm³/mol. The average molecular weight is 441 g/mol. The lowest BCUT2D eigenvalue weighted by Crippen LogP contribution is -1.99. The second kappa shape index (κ2) is 8.42. The summed E-state index contributed by atoms with van der Waals surface area (Å²) < 4.78 is 17.1. The first-order valence-electron chi connectivity index (χ1n) is 9.25. The summed E-state index contributed by atoms with van der Waals surface area (Å²) in [5, 5.41) is 0.868. The summed E-state index contributed by atoms with van der Waals surface area (Å²) in [6, 6.07) is 16.3. The summed E-state index contributed by atoms with van der Waals surface area (Å²) in [6.07, 6.45) is 1.65. The van der Waals surface area contributed by atoms with Crippen molar-refractivity contribution in [1.82, 2.24) is 0 Å². The van der Waals surface area contributed by atoms with Crippen LogP contribution in [0.2, 0.25) is 10.0 Å². The Hall–Kier alpha value is -2.95. The highest BCUT2D eigenvalue weighted by molar-refractivity contribution is 6.42. The molecule has 0 aliphatic carbocycles. The van der Waals surface area contributed by atoms with Crippen LogP contribution in [0.25, 0.3) is 6.08 Å². The van der Waals surface area contributed by atoms with Gasteiger partial charge in [-0.1, -0.05) is 41.4 Å². The summed E-state index contributed by atoms with van der Waals surface area (Å²) in [7, 11) is 1.63. The van der Waals surface area contributed by atoms with E-state index < -0.39 is 0 Å². The van der Waals surface area contributed by atoms with Crippen LogP contribution < -0.4 is 14.2 Å². The highest BCUT2D eigenvalue weighted by Gasteiger charge is 2.30. The Morgan fingerprint density at radius 2 is 1.87 bits per heavy atom. The maximum Gasteiger partial charge on any atom is 0.231 e. The van der Waals surface area contributed by atoms with Gasteiger partial charge >= 0.3 is 0 Å². The van der Waals surface area contributed by atoms with Gasteiger partial charge in [-0.3, -0.25) is 4.79 Å². The van der Waals surface area contributed by atoms with Crippen LogP contribution in [-0.2, 0) is 6.61 Å². The van der Waals surface area contributed by atoms with Crippen molar-refractivity contribution in [2.24, 2.45) is 0 Å². The fraction of sp³-hybridized carbons (Fsp3) is 0.125. The van der Waals surface area contributed by atoms with Gasteiger partial charge in [0.25, 0.3) is 0 Å². The fourth-order valence-electron chi connectivity index (χ4n) is 3.20. The maximum absolute atomic E-state index is 12.8. The highest BCUT2D eigenvalue weighted by Crippen LogP contribution is 2.39. The topological polar surface area (TPSA) is 44.8 Å². The molecule has 3 aromatic rings. The van der Waals surface area contributed by atoms with Gasteiger partial charge in [-0.2, -0.15) is 0 Å². The summed E-state index contributed by atoms with van der Waals surface area (Å²) in [5.41, 5.74) is 2.98. The number of carbonyl (C=O) groups excluding carboxylic acids is 1. The monoisotopic (exact) mass is 440 g/mol. The van der Waals surface area contributed by atoms with Crippen LogP contribution in [0.3, 0.4) is 0 Å². The van der Waals surface area contributed by atoms with Crippen molar-refractivity contribution in [3.63, 3.8) is 0 Å². The van der Waals surface area contributed by atoms with E-state index in [4.69, 9.17) is 37.4 Å². The Morgan fingerprint density at radius 1 is 1.03 bits per heavy atom. The Balaban J connectivity index is 1.56. The van der Waals surface area contributed by atoms with Crippen LogP contribution in [0.5, 0.6) is 17.2 Å². The van der Waals surface area contributed by atoms with Crippen molar-refractivity contribution in [2.75, 3.05) is 7.11 Å². The minimum absolute atomic E-state index is 0.182. The zero-order chi connectivity index (χ0) is 21.3. The van der Waals surface area contributed by atoms with Crippen molar-refractivity contribution in [3.05, 3.63) is 92.7 Å². The zero-order valence-electron chi connectivity index (χ0n) is 16.4. The number of methoxy groups -OCH3 is 1. The molecule has 0 N–H and O–H groups in total. The average Bonchev–Trinajstić information content (AvgIpc) is 3.07. The van der Waals surface area contributed by atoms with Gasteiger partial charge in [-0.25, -0.2) is 0 Å².